The molecule has 0 bridgehead atoms. The summed E-state index contributed by atoms with van der Waals surface area (Å²) in [7, 11) is 2.10. The van der Waals surface area contributed by atoms with Crippen molar-refractivity contribution in [3.8, 4) is 0 Å². The molecule has 0 spiro atoms. The van der Waals surface area contributed by atoms with Gasteiger partial charge in [-0.05, 0) is 31.5 Å². The summed E-state index contributed by atoms with van der Waals surface area (Å²) in [6, 6.07) is 4.45. The average molecular weight is 240 g/mol. The maximum Gasteiger partial charge on any atom is 0.129 e. The molecule has 1 fully saturated rings. The predicted octanol–water partition coefficient (Wildman–Crippen LogP) is 2.31. The molecule has 0 saturated carbocycles. The summed E-state index contributed by atoms with van der Waals surface area (Å²) in [6.45, 7) is 2.18. The van der Waals surface area contributed by atoms with Crippen LogP contribution >= 0.6 is 11.6 Å². The van der Waals surface area contributed by atoms with Gasteiger partial charge in [-0.1, -0.05) is 18.0 Å². The van der Waals surface area contributed by atoms with E-state index in [1.54, 1.807) is 0 Å². The van der Waals surface area contributed by atoms with Gasteiger partial charge in [-0.2, -0.15) is 0 Å². The topological polar surface area (TPSA) is 28.2 Å². The minimum absolute atomic E-state index is 0.549. The number of aromatic nitrogens is 1. The third-order valence-electron chi connectivity index (χ3n) is 3.06. The first-order chi connectivity index (χ1) is 7.75. The van der Waals surface area contributed by atoms with Gasteiger partial charge in [0.1, 0.15) is 5.15 Å². The number of rotatable bonds is 3. The van der Waals surface area contributed by atoms with Crippen LogP contribution in [-0.4, -0.2) is 31.2 Å². The zero-order valence-electron chi connectivity index (χ0n) is 9.62. The van der Waals surface area contributed by atoms with Gasteiger partial charge < -0.3 is 10.2 Å². The Kier molecular flexibility index (Phi) is 4.02. The first-order valence-electron chi connectivity index (χ1n) is 5.82. The van der Waals surface area contributed by atoms with Gasteiger partial charge in [0.2, 0.25) is 0 Å². The molecule has 0 aromatic carbocycles. The van der Waals surface area contributed by atoms with E-state index >= 15 is 0 Å². The summed E-state index contributed by atoms with van der Waals surface area (Å²) in [6.07, 6.45) is 5.74. The van der Waals surface area contributed by atoms with Crippen molar-refractivity contribution >= 4 is 17.3 Å². The molecule has 2 heterocycles. The van der Waals surface area contributed by atoms with Gasteiger partial charge in [-0.25, -0.2) is 4.98 Å². The summed E-state index contributed by atoms with van der Waals surface area (Å²) in [4.78, 5) is 6.33. The fourth-order valence-corrected chi connectivity index (χ4v) is 2.22. The molecular weight excluding hydrogens is 222 g/mol. The summed E-state index contributed by atoms with van der Waals surface area (Å²) in [5.41, 5.74) is 1.12. The lowest BCUT2D eigenvalue weighted by atomic mass is 10.0. The van der Waals surface area contributed by atoms with Crippen molar-refractivity contribution in [2.75, 3.05) is 25.0 Å². The highest BCUT2D eigenvalue weighted by atomic mass is 35.5. The molecule has 88 valence electrons. The molecule has 0 unspecified atom stereocenters. The second kappa shape index (κ2) is 5.51. The molecule has 1 aliphatic rings. The Morgan fingerprint density at radius 1 is 1.50 bits per heavy atom. The van der Waals surface area contributed by atoms with Crippen LogP contribution in [0.5, 0.6) is 0 Å². The SMILES string of the molecule is CN(C[C@@H]1CCCCN1)c1ccc(Cl)nc1. The smallest absolute Gasteiger partial charge is 0.129 e. The molecule has 1 aromatic rings. The Balaban J connectivity index is 1.91. The highest BCUT2D eigenvalue weighted by Crippen LogP contribution is 2.16. The van der Waals surface area contributed by atoms with Crippen LogP contribution < -0.4 is 10.2 Å². The molecule has 16 heavy (non-hydrogen) atoms. The van der Waals surface area contributed by atoms with Crippen molar-refractivity contribution in [2.45, 2.75) is 25.3 Å². The van der Waals surface area contributed by atoms with Gasteiger partial charge in [0, 0.05) is 19.6 Å². The molecule has 1 N–H and O–H groups in total. The van der Waals surface area contributed by atoms with E-state index in [1.807, 2.05) is 18.3 Å². The summed E-state index contributed by atoms with van der Waals surface area (Å²) >= 11 is 5.77. The van der Waals surface area contributed by atoms with Crippen LogP contribution in [0.1, 0.15) is 19.3 Å². The fraction of sp³-hybridized carbons (Fsp3) is 0.583. The van der Waals surface area contributed by atoms with Gasteiger partial charge >= 0.3 is 0 Å². The molecule has 1 atom stereocenters. The van der Waals surface area contributed by atoms with E-state index in [0.29, 0.717) is 11.2 Å². The number of pyridine rings is 1. The molecular formula is C12H18ClN3. The van der Waals surface area contributed by atoms with Crippen molar-refractivity contribution in [3.63, 3.8) is 0 Å². The highest BCUT2D eigenvalue weighted by molar-refractivity contribution is 6.29. The normalized spacial score (nSPS) is 20.8. The van der Waals surface area contributed by atoms with Crippen LogP contribution in [-0.2, 0) is 0 Å². The summed E-state index contributed by atoms with van der Waals surface area (Å²) in [5, 5.41) is 4.09. The molecule has 4 heteroatoms. The zero-order valence-corrected chi connectivity index (χ0v) is 10.4. The Hall–Kier alpha value is -0.800. The van der Waals surface area contributed by atoms with E-state index in [0.717, 1.165) is 18.8 Å². The van der Waals surface area contributed by atoms with Crippen LogP contribution in [0, 0.1) is 0 Å². The quantitative estimate of drug-likeness (QED) is 0.821. The number of likely N-dealkylation sites (N-methyl/N-ethyl adjacent to an activating group) is 1. The number of hydrogen-bond acceptors (Lipinski definition) is 3. The second-order valence-electron chi connectivity index (χ2n) is 4.37. The van der Waals surface area contributed by atoms with Crippen molar-refractivity contribution in [1.29, 1.82) is 0 Å². The minimum Gasteiger partial charge on any atom is -0.372 e. The minimum atomic E-state index is 0.549. The number of hydrogen-bond donors (Lipinski definition) is 1. The average Bonchev–Trinajstić information content (AvgIpc) is 2.31. The van der Waals surface area contributed by atoms with Gasteiger partial charge in [0.15, 0.2) is 0 Å². The van der Waals surface area contributed by atoms with E-state index in [-0.39, 0.29) is 0 Å². The van der Waals surface area contributed by atoms with E-state index in [2.05, 4.69) is 22.2 Å². The molecule has 1 aliphatic heterocycles. The Bertz CT molecular complexity index is 320. The lowest BCUT2D eigenvalue weighted by molar-refractivity contribution is 0.403. The van der Waals surface area contributed by atoms with Gasteiger partial charge in [0.25, 0.3) is 0 Å². The molecule has 0 radical (unpaired) electrons. The van der Waals surface area contributed by atoms with E-state index in [4.69, 9.17) is 11.6 Å². The van der Waals surface area contributed by atoms with Crippen LogP contribution in [0.2, 0.25) is 5.15 Å². The molecule has 1 aromatic heterocycles. The number of halogens is 1. The fourth-order valence-electron chi connectivity index (χ4n) is 2.11. The largest absolute Gasteiger partial charge is 0.372 e. The van der Waals surface area contributed by atoms with Crippen molar-refractivity contribution < 1.29 is 0 Å². The van der Waals surface area contributed by atoms with Crippen molar-refractivity contribution in [2.24, 2.45) is 0 Å². The second-order valence-corrected chi connectivity index (χ2v) is 4.75. The maximum atomic E-state index is 5.77. The molecule has 3 nitrogen and oxygen atoms in total. The molecule has 0 amide bonds. The van der Waals surface area contributed by atoms with Crippen LogP contribution in [0.25, 0.3) is 0 Å². The Labute approximate surface area is 102 Å². The van der Waals surface area contributed by atoms with Crippen molar-refractivity contribution in [3.05, 3.63) is 23.5 Å². The summed E-state index contributed by atoms with van der Waals surface area (Å²) < 4.78 is 0. The van der Waals surface area contributed by atoms with E-state index in [1.165, 1.54) is 19.3 Å². The highest BCUT2D eigenvalue weighted by Gasteiger charge is 2.14. The lowest BCUT2D eigenvalue weighted by Crippen LogP contribution is -2.42. The third-order valence-corrected chi connectivity index (χ3v) is 3.28. The molecule has 0 aliphatic carbocycles. The van der Waals surface area contributed by atoms with Gasteiger partial charge in [-0.3, -0.25) is 0 Å². The Morgan fingerprint density at radius 3 is 3.00 bits per heavy atom. The number of nitrogens with one attached hydrogen (secondary N) is 1. The third kappa shape index (κ3) is 3.09. The summed E-state index contributed by atoms with van der Waals surface area (Å²) in [5.74, 6) is 0. The first kappa shape index (κ1) is 11.7. The number of nitrogens with zero attached hydrogens (tertiary/aromatic N) is 2. The Morgan fingerprint density at radius 2 is 2.38 bits per heavy atom. The van der Waals surface area contributed by atoms with E-state index in [9.17, 15) is 0 Å². The van der Waals surface area contributed by atoms with Crippen LogP contribution in [0.3, 0.4) is 0 Å². The standard InChI is InChI=1S/C12H18ClN3/c1-16(9-10-4-2-3-7-14-10)11-5-6-12(13)15-8-11/h5-6,8,10,14H,2-4,7,9H2,1H3/t10-/m0/s1. The van der Waals surface area contributed by atoms with Crippen molar-refractivity contribution in [1.82, 2.24) is 10.3 Å². The van der Waals surface area contributed by atoms with Crippen LogP contribution in [0.15, 0.2) is 18.3 Å². The molecule has 2 rings (SSSR count). The van der Waals surface area contributed by atoms with Gasteiger partial charge in [0.05, 0.1) is 11.9 Å². The molecule has 1 saturated heterocycles. The monoisotopic (exact) mass is 239 g/mol. The number of piperidine rings is 1. The number of anilines is 1. The zero-order chi connectivity index (χ0) is 11.4. The van der Waals surface area contributed by atoms with Gasteiger partial charge in [-0.15, -0.1) is 0 Å². The maximum absolute atomic E-state index is 5.77. The van der Waals surface area contributed by atoms with Crippen LogP contribution in [0.4, 0.5) is 5.69 Å². The first-order valence-corrected chi connectivity index (χ1v) is 6.19. The van der Waals surface area contributed by atoms with E-state index < -0.39 is 0 Å². The predicted molar refractivity (Wildman–Crippen MR) is 68.2 cm³/mol. The lowest BCUT2D eigenvalue weighted by Gasteiger charge is -2.29.